The van der Waals surface area contributed by atoms with E-state index in [4.69, 9.17) is 5.11 Å². The van der Waals surface area contributed by atoms with E-state index in [0.29, 0.717) is 24.2 Å². The Hall–Kier alpha value is -1.91. The first-order valence-corrected chi connectivity index (χ1v) is 6.40. The number of nitrogens with zero attached hydrogens (tertiary/aromatic N) is 2. The molecule has 0 aromatic carbocycles. The van der Waals surface area contributed by atoms with Crippen LogP contribution in [0.25, 0.3) is 0 Å². The van der Waals surface area contributed by atoms with Gasteiger partial charge in [0.15, 0.2) is 0 Å². The number of hydrogen-bond donors (Lipinski definition) is 1. The fourth-order valence-corrected chi connectivity index (χ4v) is 2.62. The molecule has 1 saturated heterocycles. The van der Waals surface area contributed by atoms with Crippen molar-refractivity contribution in [1.29, 1.82) is 0 Å². The van der Waals surface area contributed by atoms with Gasteiger partial charge in [0.25, 0.3) is 5.91 Å². The number of likely N-dealkylation sites (tertiary alicyclic amines) is 1. The Morgan fingerprint density at radius 1 is 1.37 bits per heavy atom. The normalized spacial score (nSPS) is 22.6. The fraction of sp³-hybridized carbons (Fsp3) is 0.500. The topological polar surface area (TPSA) is 70.5 Å². The second-order valence-corrected chi connectivity index (χ2v) is 5.06. The van der Waals surface area contributed by atoms with Crippen LogP contribution in [0.1, 0.15) is 35.1 Å². The van der Waals surface area contributed by atoms with Crippen LogP contribution in [0.3, 0.4) is 0 Å². The minimum absolute atomic E-state index is 0.124. The number of aromatic nitrogens is 1. The van der Waals surface area contributed by atoms with Crippen LogP contribution >= 0.6 is 0 Å². The van der Waals surface area contributed by atoms with Gasteiger partial charge in [-0.3, -0.25) is 14.6 Å². The van der Waals surface area contributed by atoms with Crippen molar-refractivity contribution >= 4 is 11.9 Å². The van der Waals surface area contributed by atoms with Gasteiger partial charge in [-0.2, -0.15) is 0 Å². The largest absolute Gasteiger partial charge is 0.481 e. The summed E-state index contributed by atoms with van der Waals surface area (Å²) in [6.45, 7) is 5.96. The Labute approximate surface area is 112 Å². The quantitative estimate of drug-likeness (QED) is 0.879. The number of aryl methyl sites for hydroxylation is 2. The van der Waals surface area contributed by atoms with E-state index in [1.54, 1.807) is 30.9 Å². The molecule has 1 aliphatic rings. The number of carbonyl (C=O) groups is 2. The molecule has 1 amide bonds. The zero-order valence-electron chi connectivity index (χ0n) is 11.4. The third kappa shape index (κ3) is 2.45. The standard InChI is InChI=1S/C14H18N2O3/c1-8-4-5-11(9(2)15-8)13(17)16-7-6-12(10(16)3)14(18)19/h4-5,10,12H,6-7H2,1-3H3,(H,18,19). The molecule has 5 heteroatoms. The lowest BCUT2D eigenvalue weighted by molar-refractivity contribution is -0.142. The minimum atomic E-state index is -0.832. The molecule has 1 aromatic heterocycles. The molecule has 0 spiro atoms. The number of amides is 1. The summed E-state index contributed by atoms with van der Waals surface area (Å²) < 4.78 is 0. The second kappa shape index (κ2) is 4.99. The van der Waals surface area contributed by atoms with Gasteiger partial charge in [-0.25, -0.2) is 0 Å². The summed E-state index contributed by atoms with van der Waals surface area (Å²) in [5, 5.41) is 9.09. The van der Waals surface area contributed by atoms with Crippen LogP contribution in [0.2, 0.25) is 0 Å². The van der Waals surface area contributed by atoms with Crippen LogP contribution in [0.4, 0.5) is 0 Å². The summed E-state index contributed by atoms with van der Waals surface area (Å²) >= 11 is 0. The average Bonchev–Trinajstić information content (AvgIpc) is 2.70. The Kier molecular flexibility index (Phi) is 3.55. The Morgan fingerprint density at radius 2 is 2.05 bits per heavy atom. The molecule has 5 nitrogen and oxygen atoms in total. The summed E-state index contributed by atoms with van der Waals surface area (Å²) in [6.07, 6.45) is 0.514. The van der Waals surface area contributed by atoms with E-state index in [1.807, 2.05) is 6.92 Å². The lowest BCUT2D eigenvalue weighted by Gasteiger charge is -2.23. The van der Waals surface area contributed by atoms with E-state index in [2.05, 4.69) is 4.98 Å². The van der Waals surface area contributed by atoms with Crippen LogP contribution in [-0.2, 0) is 4.79 Å². The lowest BCUT2D eigenvalue weighted by Crippen LogP contribution is -2.38. The molecule has 1 aromatic rings. The zero-order chi connectivity index (χ0) is 14.2. The number of aliphatic carboxylic acids is 1. The van der Waals surface area contributed by atoms with Gasteiger partial charge in [0.2, 0.25) is 0 Å². The Bertz CT molecular complexity index is 527. The van der Waals surface area contributed by atoms with Crippen molar-refractivity contribution in [2.75, 3.05) is 6.54 Å². The first kappa shape index (κ1) is 13.5. The number of hydrogen-bond acceptors (Lipinski definition) is 3. The molecule has 0 radical (unpaired) electrons. The monoisotopic (exact) mass is 262 g/mol. The molecule has 0 aliphatic carbocycles. The molecule has 102 valence electrons. The summed E-state index contributed by atoms with van der Waals surface area (Å²) in [6, 6.07) is 3.29. The molecule has 1 N–H and O–H groups in total. The molecule has 1 fully saturated rings. The third-order valence-electron chi connectivity index (χ3n) is 3.79. The molecule has 2 unspecified atom stereocenters. The van der Waals surface area contributed by atoms with Crippen LogP contribution in [-0.4, -0.2) is 39.5 Å². The molecule has 19 heavy (non-hydrogen) atoms. The number of carboxylic acid groups (broad SMARTS) is 1. The highest BCUT2D eigenvalue weighted by atomic mass is 16.4. The summed E-state index contributed by atoms with van der Waals surface area (Å²) in [5.74, 6) is -1.43. The average molecular weight is 262 g/mol. The summed E-state index contributed by atoms with van der Waals surface area (Å²) in [7, 11) is 0. The van der Waals surface area contributed by atoms with Gasteiger partial charge in [-0.05, 0) is 39.3 Å². The molecule has 1 aliphatic heterocycles. The van der Waals surface area contributed by atoms with Crippen molar-refractivity contribution in [3.8, 4) is 0 Å². The third-order valence-corrected chi connectivity index (χ3v) is 3.79. The van der Waals surface area contributed by atoms with Gasteiger partial charge in [-0.15, -0.1) is 0 Å². The van der Waals surface area contributed by atoms with Gasteiger partial charge >= 0.3 is 5.97 Å². The van der Waals surface area contributed by atoms with Crippen LogP contribution in [0.5, 0.6) is 0 Å². The van der Waals surface area contributed by atoms with Crippen LogP contribution in [0.15, 0.2) is 12.1 Å². The van der Waals surface area contributed by atoms with Crippen molar-refractivity contribution in [3.05, 3.63) is 29.1 Å². The zero-order valence-corrected chi connectivity index (χ0v) is 11.4. The van der Waals surface area contributed by atoms with Crippen molar-refractivity contribution in [1.82, 2.24) is 9.88 Å². The predicted octanol–water partition coefficient (Wildman–Crippen LogP) is 1.63. The second-order valence-electron chi connectivity index (χ2n) is 5.06. The van der Waals surface area contributed by atoms with Gasteiger partial charge in [-0.1, -0.05) is 0 Å². The highest BCUT2D eigenvalue weighted by molar-refractivity contribution is 5.96. The molecule has 2 heterocycles. The minimum Gasteiger partial charge on any atom is -0.481 e. The van der Waals surface area contributed by atoms with Gasteiger partial charge in [0.05, 0.1) is 17.2 Å². The van der Waals surface area contributed by atoms with E-state index in [1.165, 1.54) is 0 Å². The van der Waals surface area contributed by atoms with E-state index in [-0.39, 0.29) is 11.9 Å². The maximum absolute atomic E-state index is 12.5. The molecular formula is C14H18N2O3. The molecule has 0 bridgehead atoms. The van der Waals surface area contributed by atoms with E-state index in [0.717, 1.165) is 5.69 Å². The number of rotatable bonds is 2. The summed E-state index contributed by atoms with van der Waals surface area (Å²) in [5.41, 5.74) is 2.12. The van der Waals surface area contributed by atoms with Crippen molar-refractivity contribution < 1.29 is 14.7 Å². The van der Waals surface area contributed by atoms with E-state index in [9.17, 15) is 9.59 Å². The first-order valence-electron chi connectivity index (χ1n) is 6.40. The molecule has 2 rings (SSSR count). The van der Waals surface area contributed by atoms with Gasteiger partial charge in [0.1, 0.15) is 0 Å². The Morgan fingerprint density at radius 3 is 2.58 bits per heavy atom. The van der Waals surface area contributed by atoms with Crippen molar-refractivity contribution in [2.24, 2.45) is 5.92 Å². The van der Waals surface area contributed by atoms with Crippen molar-refractivity contribution in [3.63, 3.8) is 0 Å². The van der Waals surface area contributed by atoms with Gasteiger partial charge < -0.3 is 10.0 Å². The highest BCUT2D eigenvalue weighted by Gasteiger charge is 2.38. The predicted molar refractivity (Wildman–Crippen MR) is 70.0 cm³/mol. The van der Waals surface area contributed by atoms with Crippen LogP contribution in [0, 0.1) is 19.8 Å². The van der Waals surface area contributed by atoms with E-state index >= 15 is 0 Å². The van der Waals surface area contributed by atoms with Crippen molar-refractivity contribution in [2.45, 2.75) is 33.2 Å². The fourth-order valence-electron chi connectivity index (χ4n) is 2.62. The first-order chi connectivity index (χ1) is 8.91. The SMILES string of the molecule is Cc1ccc(C(=O)N2CCC(C(=O)O)C2C)c(C)n1. The number of carboxylic acids is 1. The lowest BCUT2D eigenvalue weighted by atomic mass is 10.0. The maximum Gasteiger partial charge on any atom is 0.308 e. The maximum atomic E-state index is 12.5. The van der Waals surface area contributed by atoms with Crippen LogP contribution < -0.4 is 0 Å². The highest BCUT2D eigenvalue weighted by Crippen LogP contribution is 2.26. The number of pyridine rings is 1. The smallest absolute Gasteiger partial charge is 0.308 e. The van der Waals surface area contributed by atoms with Gasteiger partial charge in [0, 0.05) is 18.3 Å². The molecular weight excluding hydrogens is 244 g/mol. The van der Waals surface area contributed by atoms with E-state index < -0.39 is 11.9 Å². The molecule has 0 saturated carbocycles. The number of carbonyl (C=O) groups excluding carboxylic acids is 1. The summed E-state index contributed by atoms with van der Waals surface area (Å²) in [4.78, 5) is 29.4. The Balaban J connectivity index is 2.23. The molecule has 2 atom stereocenters.